The number of hydrogen-bond donors (Lipinski definition) is 2. The first kappa shape index (κ1) is 19.0. The molecule has 0 fully saturated rings. The molecule has 128 valence electrons. The lowest BCUT2D eigenvalue weighted by molar-refractivity contribution is -0.143. The van der Waals surface area contributed by atoms with Gasteiger partial charge in [0, 0.05) is 0 Å². The normalized spacial score (nSPS) is 12.8. The van der Waals surface area contributed by atoms with E-state index in [-0.39, 0.29) is 17.9 Å². The number of hydrogen-bond acceptors (Lipinski definition) is 3. The molecule has 0 radical (unpaired) electrons. The molecule has 0 heterocycles. The molecule has 5 heteroatoms. The third-order valence-corrected chi connectivity index (χ3v) is 4.14. The maximum absolute atomic E-state index is 11.8. The van der Waals surface area contributed by atoms with Crippen molar-refractivity contribution in [2.45, 2.75) is 52.5 Å². The second-order valence-corrected chi connectivity index (χ2v) is 6.68. The summed E-state index contributed by atoms with van der Waals surface area (Å²) in [4.78, 5) is 22.9. The van der Waals surface area contributed by atoms with Crippen LogP contribution in [0.1, 0.15) is 46.6 Å². The first-order valence-corrected chi connectivity index (χ1v) is 7.93. The Balaban J connectivity index is 2.58. The smallest absolute Gasteiger partial charge is 0.326 e. The van der Waals surface area contributed by atoms with Crippen LogP contribution in [0.15, 0.2) is 24.3 Å². The molecule has 23 heavy (non-hydrogen) atoms. The number of nitrogens with one attached hydrogen (secondary N) is 1. The van der Waals surface area contributed by atoms with Gasteiger partial charge >= 0.3 is 5.97 Å². The lowest BCUT2D eigenvalue weighted by Crippen LogP contribution is -2.46. The van der Waals surface area contributed by atoms with Crippen LogP contribution in [0.3, 0.4) is 0 Å². The van der Waals surface area contributed by atoms with E-state index in [4.69, 9.17) is 9.84 Å². The Morgan fingerprint density at radius 3 is 2.22 bits per heavy atom. The number of carboxylic acid groups (broad SMARTS) is 1. The predicted octanol–water partition coefficient (Wildman–Crippen LogP) is 2.98. The number of aliphatic carboxylic acids is 1. The Kier molecular flexibility index (Phi) is 6.61. The van der Waals surface area contributed by atoms with Gasteiger partial charge in [-0.25, -0.2) is 4.79 Å². The number of benzene rings is 1. The summed E-state index contributed by atoms with van der Waals surface area (Å²) in [5.41, 5.74) is 1.31. The standard InChI is InChI=1S/C18H27NO4/c1-6-18(4,5)13-7-9-14(10-8-13)23-11-15(20)19-16(12(2)3)17(21)22/h7-10,12,16H,6,11H2,1-5H3,(H,19,20)(H,21,22)/t16-/m1/s1. The van der Waals surface area contributed by atoms with E-state index < -0.39 is 17.9 Å². The van der Waals surface area contributed by atoms with Crippen molar-refractivity contribution < 1.29 is 19.4 Å². The van der Waals surface area contributed by atoms with E-state index >= 15 is 0 Å². The van der Waals surface area contributed by atoms with Crippen LogP contribution in [0.4, 0.5) is 0 Å². The van der Waals surface area contributed by atoms with Crippen LogP contribution in [-0.2, 0) is 15.0 Å². The molecule has 0 saturated carbocycles. The van der Waals surface area contributed by atoms with Gasteiger partial charge in [-0.3, -0.25) is 4.79 Å². The van der Waals surface area contributed by atoms with Crippen LogP contribution < -0.4 is 10.1 Å². The highest BCUT2D eigenvalue weighted by Crippen LogP contribution is 2.27. The van der Waals surface area contributed by atoms with Gasteiger partial charge in [0.1, 0.15) is 11.8 Å². The van der Waals surface area contributed by atoms with Crippen molar-refractivity contribution in [3.8, 4) is 5.75 Å². The fourth-order valence-electron chi connectivity index (χ4n) is 2.08. The molecule has 0 spiro atoms. The first-order chi connectivity index (χ1) is 10.7. The van der Waals surface area contributed by atoms with Gasteiger partial charge in [-0.15, -0.1) is 0 Å². The molecule has 0 aliphatic rings. The molecule has 0 saturated heterocycles. The second kappa shape index (κ2) is 7.99. The zero-order valence-electron chi connectivity index (χ0n) is 14.6. The predicted molar refractivity (Wildman–Crippen MR) is 89.7 cm³/mol. The average Bonchev–Trinajstić information content (AvgIpc) is 2.50. The highest BCUT2D eigenvalue weighted by atomic mass is 16.5. The van der Waals surface area contributed by atoms with Crippen molar-refractivity contribution in [3.63, 3.8) is 0 Å². The zero-order valence-corrected chi connectivity index (χ0v) is 14.6. The Labute approximate surface area is 138 Å². The first-order valence-electron chi connectivity index (χ1n) is 7.93. The Hall–Kier alpha value is -2.04. The van der Waals surface area contributed by atoms with Gasteiger partial charge in [-0.05, 0) is 35.4 Å². The monoisotopic (exact) mass is 321 g/mol. The van der Waals surface area contributed by atoms with E-state index in [0.29, 0.717) is 5.75 Å². The van der Waals surface area contributed by atoms with Gasteiger partial charge < -0.3 is 15.2 Å². The molecule has 1 aromatic rings. The van der Waals surface area contributed by atoms with Gasteiger partial charge in [0.15, 0.2) is 6.61 Å². The number of rotatable bonds is 8. The van der Waals surface area contributed by atoms with Crippen LogP contribution in [-0.4, -0.2) is 29.6 Å². The van der Waals surface area contributed by atoms with E-state index in [9.17, 15) is 9.59 Å². The maximum atomic E-state index is 11.8. The van der Waals surface area contributed by atoms with E-state index in [1.54, 1.807) is 13.8 Å². The van der Waals surface area contributed by atoms with E-state index in [2.05, 4.69) is 26.1 Å². The second-order valence-electron chi connectivity index (χ2n) is 6.68. The van der Waals surface area contributed by atoms with Gasteiger partial charge in [0.05, 0.1) is 0 Å². The molecule has 5 nitrogen and oxygen atoms in total. The fourth-order valence-corrected chi connectivity index (χ4v) is 2.08. The summed E-state index contributed by atoms with van der Waals surface area (Å²) >= 11 is 0. The third kappa shape index (κ3) is 5.58. The minimum absolute atomic E-state index is 0.0991. The zero-order chi connectivity index (χ0) is 17.6. The van der Waals surface area contributed by atoms with Crippen LogP contribution in [0.25, 0.3) is 0 Å². The van der Waals surface area contributed by atoms with Crippen molar-refractivity contribution in [1.29, 1.82) is 0 Å². The molecule has 1 atom stereocenters. The van der Waals surface area contributed by atoms with Gasteiger partial charge in [-0.2, -0.15) is 0 Å². The molecular formula is C18H27NO4. The van der Waals surface area contributed by atoms with E-state index in [1.165, 1.54) is 5.56 Å². The number of carbonyl (C=O) groups is 2. The minimum Gasteiger partial charge on any atom is -0.484 e. The van der Waals surface area contributed by atoms with Crippen molar-refractivity contribution in [2.75, 3.05) is 6.61 Å². The number of amides is 1. The summed E-state index contributed by atoms with van der Waals surface area (Å²) in [7, 11) is 0. The van der Waals surface area contributed by atoms with Gasteiger partial charge in [0.2, 0.25) is 0 Å². The summed E-state index contributed by atoms with van der Waals surface area (Å²) in [6.45, 7) is 9.78. The Bertz CT molecular complexity index is 534. The topological polar surface area (TPSA) is 75.6 Å². The van der Waals surface area contributed by atoms with Crippen molar-refractivity contribution in [3.05, 3.63) is 29.8 Å². The summed E-state index contributed by atoms with van der Waals surface area (Å²) in [5, 5.41) is 11.5. The van der Waals surface area contributed by atoms with Crippen molar-refractivity contribution >= 4 is 11.9 Å². The molecule has 0 aliphatic heterocycles. The van der Waals surface area contributed by atoms with Crippen LogP contribution in [0, 0.1) is 5.92 Å². The Morgan fingerprint density at radius 2 is 1.78 bits per heavy atom. The number of ether oxygens (including phenoxy) is 1. The summed E-state index contributed by atoms with van der Waals surface area (Å²) in [6.07, 6.45) is 1.03. The van der Waals surface area contributed by atoms with Crippen LogP contribution in [0.2, 0.25) is 0 Å². The number of carboxylic acids is 1. The fraction of sp³-hybridized carbons (Fsp3) is 0.556. The highest BCUT2D eigenvalue weighted by molar-refractivity contribution is 5.84. The quantitative estimate of drug-likeness (QED) is 0.772. The van der Waals surface area contributed by atoms with Crippen molar-refractivity contribution in [2.24, 2.45) is 5.92 Å². The minimum atomic E-state index is -1.04. The molecule has 1 aromatic carbocycles. The summed E-state index contributed by atoms with van der Waals surface area (Å²) in [6, 6.07) is 6.74. The Morgan fingerprint density at radius 1 is 1.22 bits per heavy atom. The molecule has 2 N–H and O–H groups in total. The summed E-state index contributed by atoms with van der Waals surface area (Å²) in [5.74, 6) is -1.08. The molecule has 0 aromatic heterocycles. The SMILES string of the molecule is CCC(C)(C)c1ccc(OCC(=O)N[C@@H](C(=O)O)C(C)C)cc1. The maximum Gasteiger partial charge on any atom is 0.326 e. The lowest BCUT2D eigenvalue weighted by Gasteiger charge is -2.23. The molecule has 1 amide bonds. The van der Waals surface area contributed by atoms with Gasteiger partial charge in [-0.1, -0.05) is 46.8 Å². The van der Waals surface area contributed by atoms with E-state index in [1.807, 2.05) is 24.3 Å². The van der Waals surface area contributed by atoms with Crippen molar-refractivity contribution in [1.82, 2.24) is 5.32 Å². The molecule has 1 rings (SSSR count). The third-order valence-electron chi connectivity index (χ3n) is 4.14. The molecule has 0 unspecified atom stereocenters. The van der Waals surface area contributed by atoms with Gasteiger partial charge in [0.25, 0.3) is 5.91 Å². The average molecular weight is 321 g/mol. The molecular weight excluding hydrogens is 294 g/mol. The highest BCUT2D eigenvalue weighted by Gasteiger charge is 2.23. The van der Waals surface area contributed by atoms with E-state index in [0.717, 1.165) is 6.42 Å². The number of carbonyl (C=O) groups excluding carboxylic acids is 1. The molecule has 0 aliphatic carbocycles. The lowest BCUT2D eigenvalue weighted by atomic mass is 9.82. The van der Waals surface area contributed by atoms with Crippen LogP contribution in [0.5, 0.6) is 5.75 Å². The largest absolute Gasteiger partial charge is 0.484 e. The van der Waals surface area contributed by atoms with Crippen LogP contribution >= 0.6 is 0 Å². The summed E-state index contributed by atoms with van der Waals surface area (Å²) < 4.78 is 5.42. The molecule has 0 bridgehead atoms.